The number of ketones is 2. The van der Waals surface area contributed by atoms with Gasteiger partial charge in [-0.3, -0.25) is 29.1 Å². The van der Waals surface area contributed by atoms with Gasteiger partial charge in [0.1, 0.15) is 5.92 Å². The van der Waals surface area contributed by atoms with E-state index in [0.717, 1.165) is 28.9 Å². The predicted octanol–water partition coefficient (Wildman–Crippen LogP) is 6.63. The van der Waals surface area contributed by atoms with Crippen molar-refractivity contribution in [3.05, 3.63) is 68.8 Å². The van der Waals surface area contributed by atoms with Crippen molar-refractivity contribution in [2.24, 2.45) is 0 Å². The molecule has 2 aliphatic heterocycles. The summed E-state index contributed by atoms with van der Waals surface area (Å²) in [4.78, 5) is 68.9. The Morgan fingerprint density at radius 3 is 2.15 bits per heavy atom. The van der Waals surface area contributed by atoms with Crippen LogP contribution in [0, 0.1) is 13.8 Å². The quantitative estimate of drug-likeness (QED) is 0.111. The molecule has 46 heavy (non-hydrogen) atoms. The zero-order chi connectivity index (χ0) is 32.5. The van der Waals surface area contributed by atoms with Gasteiger partial charge in [-0.25, -0.2) is 0 Å². The molecule has 0 aromatic carbocycles. The van der Waals surface area contributed by atoms with Crippen LogP contribution in [0.1, 0.15) is 137 Å². The average molecular weight is 717 g/mol. The topological polar surface area (TPSA) is 155 Å². The van der Waals surface area contributed by atoms with E-state index in [0.29, 0.717) is 50.2 Å². The number of nitrogens with one attached hydrogen (secondary N) is 2. The van der Waals surface area contributed by atoms with Crippen LogP contribution in [0.3, 0.4) is 0 Å². The molecule has 8 bridgehead atoms. The minimum atomic E-state index is -1.22. The van der Waals surface area contributed by atoms with E-state index in [2.05, 4.69) is 23.8 Å². The first-order valence-electron chi connectivity index (χ1n) is 15.5. The van der Waals surface area contributed by atoms with E-state index < -0.39 is 17.9 Å². The van der Waals surface area contributed by atoms with E-state index in [-0.39, 0.29) is 68.5 Å². The summed E-state index contributed by atoms with van der Waals surface area (Å²) in [6, 6.07) is 5.84. The molecule has 6 rings (SSSR count). The first-order valence-corrected chi connectivity index (χ1v) is 15.5. The van der Waals surface area contributed by atoms with E-state index in [9.17, 15) is 24.3 Å². The Morgan fingerprint density at radius 2 is 1.52 bits per heavy atom. The van der Waals surface area contributed by atoms with Crippen molar-refractivity contribution in [1.82, 2.24) is 19.9 Å². The molecule has 0 saturated carbocycles. The van der Waals surface area contributed by atoms with Crippen molar-refractivity contribution in [2.45, 2.75) is 90.4 Å². The van der Waals surface area contributed by atoms with Gasteiger partial charge in [0.15, 0.2) is 11.6 Å². The number of Topliss-reactive ketones (excluding diaryl/α,β-unsaturated/α-hetero) is 2. The van der Waals surface area contributed by atoms with Gasteiger partial charge < -0.3 is 19.8 Å². The zero-order valence-electron chi connectivity index (χ0n) is 26.9. The Morgan fingerprint density at radius 1 is 0.913 bits per heavy atom. The predicted molar refractivity (Wildman–Crippen MR) is 169 cm³/mol. The van der Waals surface area contributed by atoms with Gasteiger partial charge in [-0.1, -0.05) is 20.8 Å². The first kappa shape index (κ1) is 33.4. The molecule has 0 amide bonds. The molecule has 3 N–H and O–H groups in total. The largest absolute Gasteiger partial charge is 0.481 e. The fourth-order valence-corrected chi connectivity index (χ4v) is 7.61. The molecule has 3 aromatic heterocycles. The molecule has 0 radical (unpaired) electrons. The third kappa shape index (κ3) is 5.14. The van der Waals surface area contributed by atoms with Crippen LogP contribution in [-0.4, -0.2) is 55.7 Å². The third-order valence-electron chi connectivity index (χ3n) is 10.1. The fraction of sp³-hybridized carbons (Fsp3) is 0.429. The summed E-state index contributed by atoms with van der Waals surface area (Å²) >= 11 is 0. The van der Waals surface area contributed by atoms with E-state index in [1.165, 1.54) is 7.11 Å². The van der Waals surface area contributed by atoms with Crippen LogP contribution in [0.15, 0.2) is 18.2 Å². The molecule has 0 saturated heterocycles. The van der Waals surface area contributed by atoms with Crippen molar-refractivity contribution >= 4 is 45.6 Å². The second-order valence-corrected chi connectivity index (χ2v) is 12.6. The molecule has 11 heteroatoms. The number of esters is 1. The van der Waals surface area contributed by atoms with Crippen molar-refractivity contribution in [3.63, 3.8) is 0 Å². The number of nitrogens with zero attached hydrogens (tertiary/aromatic N) is 2. The molecule has 1 aliphatic carbocycles. The number of carbonyl (C=O) groups is 4. The van der Waals surface area contributed by atoms with Crippen molar-refractivity contribution in [1.29, 1.82) is 0 Å². The smallest absolute Gasteiger partial charge is 0.321 e. The van der Waals surface area contributed by atoms with E-state index in [1.54, 1.807) is 6.92 Å². The van der Waals surface area contributed by atoms with Gasteiger partial charge in [-0.05, 0) is 62.9 Å². The third-order valence-corrected chi connectivity index (χ3v) is 10.1. The van der Waals surface area contributed by atoms with Crippen LogP contribution in [0.4, 0.5) is 0 Å². The summed E-state index contributed by atoms with van der Waals surface area (Å²) in [7, 11) is 1.25. The van der Waals surface area contributed by atoms with Crippen LogP contribution in [0.2, 0.25) is 0 Å². The van der Waals surface area contributed by atoms with Crippen molar-refractivity contribution in [2.75, 3.05) is 7.11 Å². The summed E-state index contributed by atoms with van der Waals surface area (Å²) in [6.07, 6.45) is 0.999. The van der Waals surface area contributed by atoms with E-state index in [1.807, 2.05) is 39.0 Å². The summed E-state index contributed by atoms with van der Waals surface area (Å²) in [5.74, 6) is -3.69. The monoisotopic (exact) mass is 716 g/mol. The van der Waals surface area contributed by atoms with E-state index in [4.69, 9.17) is 14.7 Å². The van der Waals surface area contributed by atoms with Crippen molar-refractivity contribution < 1.29 is 49.4 Å². The Kier molecular flexibility index (Phi) is 8.97. The second kappa shape index (κ2) is 12.3. The summed E-state index contributed by atoms with van der Waals surface area (Å²) in [6.45, 7) is 11.5. The molecule has 0 spiro atoms. The van der Waals surface area contributed by atoms with E-state index >= 15 is 0 Å². The number of hydrogen-bond acceptors (Lipinski definition) is 7. The SMILES string of the molecule is CCC1c2cc3[nH]c4c(c3C)C(=O)C(C(=O)OC)c4c3nc(cc4[nH]c(cc(n2)C1C)c(C(C)=O)c4C)C(C)C3CCC(=O)O.[Pd]. The number of methoxy groups -OCH3 is 1. The Labute approximate surface area is 280 Å². The normalized spacial score (nSPS) is 21.6. The molecule has 244 valence electrons. The molecule has 5 unspecified atom stereocenters. The Bertz CT molecular complexity index is 1970. The molecule has 3 aromatic rings. The number of aromatic nitrogens is 4. The zero-order valence-corrected chi connectivity index (χ0v) is 28.5. The number of aryl methyl sites for hydroxylation is 2. The maximum atomic E-state index is 14.0. The molecule has 3 aliphatic rings. The molecular weight excluding hydrogens is 679 g/mol. The average Bonchev–Trinajstić information content (AvgIpc) is 3.72. The summed E-state index contributed by atoms with van der Waals surface area (Å²) in [5, 5.41) is 9.60. The fourth-order valence-electron chi connectivity index (χ4n) is 7.61. The van der Waals surface area contributed by atoms with Crippen LogP contribution in [-0.2, 0) is 34.7 Å². The standard InChI is InChI=1S/C35H38N4O6.Pd/c1-8-19-14(2)21-13-26-28(18(6)40)16(4)23(37-26)11-22-15(3)20(9-10-27(41)42)32(38-22)30-31(35(44)45-7)34(43)29-17(5)24(39-33(29)30)12-25(19)36-21;/h11-15,19-20,31,37,39H,8-10H2,1-7H3,(H,41,42);. The molecule has 5 atom stereocenters. The minimum Gasteiger partial charge on any atom is -0.481 e. The molecular formula is C35H38N4O6Pd. The number of rotatable bonds is 6. The van der Waals surface area contributed by atoms with Gasteiger partial charge in [0.05, 0.1) is 23.8 Å². The molecule has 5 heterocycles. The van der Waals surface area contributed by atoms with Gasteiger partial charge >= 0.3 is 11.9 Å². The van der Waals surface area contributed by atoms with Crippen LogP contribution in [0.25, 0.3) is 22.1 Å². The number of H-pyrrole nitrogens is 2. The number of carboxylic acids is 1. The number of ether oxygens (including phenoxy) is 1. The Balaban J connectivity index is 0.00000417. The first-order chi connectivity index (χ1) is 21.4. The number of aliphatic carboxylic acids is 1. The Hall–Kier alpha value is -3.94. The van der Waals surface area contributed by atoms with Gasteiger partial charge in [-0.2, -0.15) is 0 Å². The summed E-state index contributed by atoms with van der Waals surface area (Å²) < 4.78 is 5.13. The van der Waals surface area contributed by atoms with Crippen LogP contribution in [0.5, 0.6) is 0 Å². The number of hydrogen-bond donors (Lipinski definition) is 3. The van der Waals surface area contributed by atoms with Gasteiger partial charge in [0.2, 0.25) is 0 Å². The van der Waals surface area contributed by atoms with Gasteiger partial charge in [0, 0.05) is 95.3 Å². The minimum absolute atomic E-state index is 0. The van der Waals surface area contributed by atoms with Gasteiger partial charge in [-0.15, -0.1) is 0 Å². The maximum absolute atomic E-state index is 14.0. The number of carboxylic acid groups (broad SMARTS) is 1. The van der Waals surface area contributed by atoms with Crippen molar-refractivity contribution in [3.8, 4) is 0 Å². The molecule has 0 fully saturated rings. The molecule has 10 nitrogen and oxygen atoms in total. The maximum Gasteiger partial charge on any atom is 0.321 e. The number of carbonyl (C=O) groups excluding carboxylic acids is 3. The number of fused-ring (bicyclic) bond motifs is 8. The van der Waals surface area contributed by atoms with Crippen LogP contribution < -0.4 is 0 Å². The second-order valence-electron chi connectivity index (χ2n) is 12.6. The summed E-state index contributed by atoms with van der Waals surface area (Å²) in [5.41, 5.74) is 8.46. The number of aromatic amines is 2. The van der Waals surface area contributed by atoms with Gasteiger partial charge in [0.25, 0.3) is 0 Å². The van der Waals surface area contributed by atoms with Crippen LogP contribution >= 0.6 is 0 Å².